The first-order valence-electron chi connectivity index (χ1n) is 4.68. The Kier molecular flexibility index (Phi) is 2.15. The average molecular weight is 171 g/mol. The fraction of sp³-hybridized carbons (Fsp3) is 1.00. The second-order valence-corrected chi connectivity index (χ2v) is 5.36. The van der Waals surface area contributed by atoms with Crippen molar-refractivity contribution in [3.63, 3.8) is 0 Å². The highest BCUT2D eigenvalue weighted by atomic mass is 32.2. The zero-order valence-electron chi connectivity index (χ0n) is 7.23. The zero-order valence-corrected chi connectivity index (χ0v) is 8.04. The van der Waals surface area contributed by atoms with Gasteiger partial charge in [0.2, 0.25) is 0 Å². The maximum absolute atomic E-state index is 3.44. The third-order valence-corrected chi connectivity index (χ3v) is 5.11. The molecule has 2 heterocycles. The molecular weight excluding hydrogens is 154 g/mol. The number of hydrogen-bond donors (Lipinski definition) is 1. The lowest BCUT2D eigenvalue weighted by Gasteiger charge is -2.36. The van der Waals surface area contributed by atoms with Gasteiger partial charge in [0.25, 0.3) is 0 Å². The molecule has 0 aromatic carbocycles. The summed E-state index contributed by atoms with van der Waals surface area (Å²) in [4.78, 5) is 0. The molecule has 2 rings (SSSR count). The van der Waals surface area contributed by atoms with Crippen LogP contribution in [0.5, 0.6) is 0 Å². The van der Waals surface area contributed by atoms with Crippen LogP contribution in [0.2, 0.25) is 0 Å². The van der Waals surface area contributed by atoms with Crippen LogP contribution in [-0.4, -0.2) is 23.6 Å². The molecule has 2 fully saturated rings. The number of nitrogens with one attached hydrogen (secondary N) is 1. The molecule has 0 saturated carbocycles. The molecule has 0 aromatic rings. The standard InChI is InChI=1S/C9H17NS/c1-8-2-7-11-9(8)3-5-10-6-4-9/h8,10H,2-7H2,1H3. The van der Waals surface area contributed by atoms with Gasteiger partial charge in [-0.05, 0) is 44.0 Å². The summed E-state index contributed by atoms with van der Waals surface area (Å²) in [5.41, 5.74) is 0. The van der Waals surface area contributed by atoms with Crippen LogP contribution in [0.15, 0.2) is 0 Å². The van der Waals surface area contributed by atoms with Gasteiger partial charge in [0.15, 0.2) is 0 Å². The second kappa shape index (κ2) is 2.98. The molecule has 1 spiro atoms. The minimum atomic E-state index is 0.686. The number of rotatable bonds is 0. The summed E-state index contributed by atoms with van der Waals surface area (Å²) in [6, 6.07) is 0. The van der Waals surface area contributed by atoms with Gasteiger partial charge in [-0.1, -0.05) is 6.92 Å². The highest BCUT2D eigenvalue weighted by molar-refractivity contribution is 8.00. The topological polar surface area (TPSA) is 12.0 Å². The van der Waals surface area contributed by atoms with Crippen LogP contribution in [-0.2, 0) is 0 Å². The molecule has 2 heteroatoms. The Hall–Kier alpha value is 0.310. The van der Waals surface area contributed by atoms with Crippen LogP contribution in [0.25, 0.3) is 0 Å². The van der Waals surface area contributed by atoms with Crippen molar-refractivity contribution in [3.8, 4) is 0 Å². The van der Waals surface area contributed by atoms with Crippen LogP contribution >= 0.6 is 11.8 Å². The van der Waals surface area contributed by atoms with Crippen molar-refractivity contribution < 1.29 is 0 Å². The van der Waals surface area contributed by atoms with Crippen molar-refractivity contribution in [2.24, 2.45) is 5.92 Å². The first-order valence-corrected chi connectivity index (χ1v) is 5.67. The van der Waals surface area contributed by atoms with Crippen molar-refractivity contribution in [1.29, 1.82) is 0 Å². The molecule has 2 aliphatic rings. The summed E-state index contributed by atoms with van der Waals surface area (Å²) in [6.07, 6.45) is 4.25. The van der Waals surface area contributed by atoms with E-state index in [1.165, 1.54) is 38.1 Å². The maximum Gasteiger partial charge on any atom is 0.0210 e. The smallest absolute Gasteiger partial charge is 0.0210 e. The zero-order chi connectivity index (χ0) is 7.73. The largest absolute Gasteiger partial charge is 0.317 e. The summed E-state index contributed by atoms with van der Waals surface area (Å²) in [5.74, 6) is 2.37. The lowest BCUT2D eigenvalue weighted by atomic mass is 9.84. The SMILES string of the molecule is CC1CCSC12CCNCC2. The van der Waals surface area contributed by atoms with Gasteiger partial charge in [-0.15, -0.1) is 0 Å². The molecule has 2 saturated heterocycles. The van der Waals surface area contributed by atoms with E-state index in [0.29, 0.717) is 4.75 Å². The maximum atomic E-state index is 3.44. The highest BCUT2D eigenvalue weighted by Crippen LogP contribution is 2.48. The van der Waals surface area contributed by atoms with E-state index >= 15 is 0 Å². The first-order chi connectivity index (χ1) is 5.33. The molecule has 0 amide bonds. The van der Waals surface area contributed by atoms with Crippen molar-refractivity contribution in [1.82, 2.24) is 5.32 Å². The van der Waals surface area contributed by atoms with Gasteiger partial charge in [0, 0.05) is 4.75 Å². The van der Waals surface area contributed by atoms with E-state index in [4.69, 9.17) is 0 Å². The number of piperidine rings is 1. The minimum absolute atomic E-state index is 0.686. The molecule has 1 unspecified atom stereocenters. The molecular formula is C9H17NS. The number of thioether (sulfide) groups is 1. The van der Waals surface area contributed by atoms with Gasteiger partial charge >= 0.3 is 0 Å². The van der Waals surface area contributed by atoms with Crippen LogP contribution in [0.3, 0.4) is 0 Å². The Morgan fingerprint density at radius 2 is 2.09 bits per heavy atom. The van der Waals surface area contributed by atoms with Gasteiger partial charge < -0.3 is 5.32 Å². The monoisotopic (exact) mass is 171 g/mol. The summed E-state index contributed by atoms with van der Waals surface area (Å²) in [7, 11) is 0. The minimum Gasteiger partial charge on any atom is -0.317 e. The van der Waals surface area contributed by atoms with Crippen LogP contribution < -0.4 is 5.32 Å². The Morgan fingerprint density at radius 1 is 1.36 bits per heavy atom. The van der Waals surface area contributed by atoms with E-state index in [1.807, 2.05) is 0 Å². The third kappa shape index (κ3) is 1.31. The van der Waals surface area contributed by atoms with Gasteiger partial charge in [-0.2, -0.15) is 11.8 Å². The van der Waals surface area contributed by atoms with Gasteiger partial charge in [0.1, 0.15) is 0 Å². The van der Waals surface area contributed by atoms with E-state index in [9.17, 15) is 0 Å². The molecule has 1 N–H and O–H groups in total. The van der Waals surface area contributed by atoms with Gasteiger partial charge in [-0.3, -0.25) is 0 Å². The van der Waals surface area contributed by atoms with Crippen LogP contribution in [0.1, 0.15) is 26.2 Å². The quantitative estimate of drug-likeness (QED) is 0.597. The van der Waals surface area contributed by atoms with Crippen molar-refractivity contribution in [2.45, 2.75) is 30.9 Å². The normalized spacial score (nSPS) is 36.3. The number of hydrogen-bond acceptors (Lipinski definition) is 2. The predicted molar refractivity (Wildman–Crippen MR) is 51.1 cm³/mol. The fourth-order valence-corrected chi connectivity index (χ4v) is 4.10. The lowest BCUT2D eigenvalue weighted by Crippen LogP contribution is -2.41. The fourth-order valence-electron chi connectivity index (χ4n) is 2.33. The Bertz CT molecular complexity index is 140. The van der Waals surface area contributed by atoms with E-state index in [2.05, 4.69) is 24.0 Å². The lowest BCUT2D eigenvalue weighted by molar-refractivity contribution is 0.325. The first kappa shape index (κ1) is 7.93. The van der Waals surface area contributed by atoms with E-state index in [1.54, 1.807) is 0 Å². The third-order valence-electron chi connectivity index (χ3n) is 3.29. The summed E-state index contributed by atoms with van der Waals surface area (Å²) >= 11 is 2.23. The van der Waals surface area contributed by atoms with E-state index in [-0.39, 0.29) is 0 Å². The highest BCUT2D eigenvalue weighted by Gasteiger charge is 2.41. The molecule has 0 aliphatic carbocycles. The molecule has 64 valence electrons. The average Bonchev–Trinajstić information content (AvgIpc) is 2.36. The molecule has 1 nitrogen and oxygen atoms in total. The summed E-state index contributed by atoms with van der Waals surface area (Å²) < 4.78 is 0.686. The van der Waals surface area contributed by atoms with Gasteiger partial charge in [0.05, 0.1) is 0 Å². The molecule has 2 aliphatic heterocycles. The molecule has 0 bridgehead atoms. The summed E-state index contributed by atoms with van der Waals surface area (Å²) in [5, 5.41) is 3.44. The molecule has 0 radical (unpaired) electrons. The van der Waals surface area contributed by atoms with E-state index < -0.39 is 0 Å². The predicted octanol–water partition coefficient (Wildman–Crippen LogP) is 1.88. The Labute approximate surface area is 73.3 Å². The Morgan fingerprint density at radius 3 is 2.64 bits per heavy atom. The van der Waals surface area contributed by atoms with Crippen LogP contribution in [0, 0.1) is 5.92 Å². The van der Waals surface area contributed by atoms with Crippen molar-refractivity contribution in [3.05, 3.63) is 0 Å². The Balaban J connectivity index is 2.06. The van der Waals surface area contributed by atoms with Crippen molar-refractivity contribution >= 4 is 11.8 Å². The van der Waals surface area contributed by atoms with Crippen LogP contribution in [0.4, 0.5) is 0 Å². The van der Waals surface area contributed by atoms with E-state index in [0.717, 1.165) is 5.92 Å². The van der Waals surface area contributed by atoms with Crippen molar-refractivity contribution in [2.75, 3.05) is 18.8 Å². The molecule has 0 aromatic heterocycles. The second-order valence-electron chi connectivity index (χ2n) is 3.85. The summed E-state index contributed by atoms with van der Waals surface area (Å²) in [6.45, 7) is 4.93. The molecule has 11 heavy (non-hydrogen) atoms. The molecule has 1 atom stereocenters. The van der Waals surface area contributed by atoms with Gasteiger partial charge in [-0.25, -0.2) is 0 Å².